The topological polar surface area (TPSA) is 81.4 Å². The molecule has 0 aliphatic heterocycles. The SMILES string of the molecule is COc1ccc(C(=O)c2cccc(N)c2NC(=O)c2ccc(C(C)(C)C)cc2)cc1. The summed E-state index contributed by atoms with van der Waals surface area (Å²) in [6.45, 7) is 6.34. The molecule has 1 amide bonds. The van der Waals surface area contributed by atoms with Crippen LogP contribution in [0, 0.1) is 0 Å². The average Bonchev–Trinajstić information content (AvgIpc) is 2.74. The molecule has 0 atom stereocenters. The Morgan fingerprint density at radius 1 is 0.867 bits per heavy atom. The molecule has 3 N–H and O–H groups in total. The fourth-order valence-corrected chi connectivity index (χ4v) is 3.10. The zero-order valence-electron chi connectivity index (χ0n) is 17.7. The van der Waals surface area contributed by atoms with Gasteiger partial charge in [-0.05, 0) is 59.5 Å². The molecule has 0 aliphatic carbocycles. The van der Waals surface area contributed by atoms with Crippen molar-refractivity contribution in [1.82, 2.24) is 0 Å². The van der Waals surface area contributed by atoms with Gasteiger partial charge >= 0.3 is 0 Å². The second kappa shape index (κ2) is 8.41. The number of hydrogen-bond acceptors (Lipinski definition) is 4. The summed E-state index contributed by atoms with van der Waals surface area (Å²) >= 11 is 0. The van der Waals surface area contributed by atoms with Gasteiger partial charge in [0.1, 0.15) is 5.75 Å². The summed E-state index contributed by atoms with van der Waals surface area (Å²) in [6.07, 6.45) is 0. The van der Waals surface area contributed by atoms with Crippen LogP contribution < -0.4 is 15.8 Å². The molecule has 5 nitrogen and oxygen atoms in total. The monoisotopic (exact) mass is 402 g/mol. The third-order valence-electron chi connectivity index (χ3n) is 4.95. The maximum absolute atomic E-state index is 13.0. The van der Waals surface area contributed by atoms with E-state index in [9.17, 15) is 9.59 Å². The van der Waals surface area contributed by atoms with Gasteiger partial charge in [0, 0.05) is 16.7 Å². The van der Waals surface area contributed by atoms with Crippen molar-refractivity contribution in [3.8, 4) is 5.75 Å². The summed E-state index contributed by atoms with van der Waals surface area (Å²) in [5, 5.41) is 2.82. The van der Waals surface area contributed by atoms with Gasteiger partial charge in [-0.25, -0.2) is 0 Å². The number of nitrogen functional groups attached to an aromatic ring is 1. The number of ether oxygens (including phenoxy) is 1. The number of benzene rings is 3. The Bertz CT molecular complexity index is 1060. The molecule has 154 valence electrons. The minimum Gasteiger partial charge on any atom is -0.497 e. The number of nitrogens with two attached hydrogens (primary N) is 1. The number of anilines is 2. The average molecular weight is 402 g/mol. The number of rotatable bonds is 5. The van der Waals surface area contributed by atoms with Crippen molar-refractivity contribution in [2.45, 2.75) is 26.2 Å². The van der Waals surface area contributed by atoms with Crippen molar-refractivity contribution in [2.24, 2.45) is 0 Å². The van der Waals surface area contributed by atoms with E-state index in [1.165, 1.54) is 0 Å². The minimum atomic E-state index is -0.322. The fourth-order valence-electron chi connectivity index (χ4n) is 3.10. The van der Waals surface area contributed by atoms with Crippen LogP contribution in [0.1, 0.15) is 52.6 Å². The van der Waals surface area contributed by atoms with Crippen LogP contribution in [0.5, 0.6) is 5.75 Å². The van der Waals surface area contributed by atoms with Crippen LogP contribution >= 0.6 is 0 Å². The van der Waals surface area contributed by atoms with Crippen molar-refractivity contribution >= 4 is 23.1 Å². The summed E-state index contributed by atoms with van der Waals surface area (Å²) in [7, 11) is 1.57. The molecular weight excluding hydrogens is 376 g/mol. The predicted molar refractivity (Wildman–Crippen MR) is 120 cm³/mol. The number of amides is 1. The number of carbonyl (C=O) groups excluding carboxylic acids is 2. The van der Waals surface area contributed by atoms with Crippen LogP contribution in [0.2, 0.25) is 0 Å². The van der Waals surface area contributed by atoms with Crippen LogP contribution in [0.25, 0.3) is 0 Å². The third-order valence-corrected chi connectivity index (χ3v) is 4.95. The van der Waals surface area contributed by atoms with Crippen LogP contribution in [0.4, 0.5) is 11.4 Å². The molecule has 30 heavy (non-hydrogen) atoms. The Morgan fingerprint density at radius 3 is 2.03 bits per heavy atom. The van der Waals surface area contributed by atoms with Gasteiger partial charge < -0.3 is 15.8 Å². The maximum Gasteiger partial charge on any atom is 0.255 e. The third kappa shape index (κ3) is 4.51. The predicted octanol–water partition coefficient (Wildman–Crippen LogP) is 5.06. The summed E-state index contributed by atoms with van der Waals surface area (Å²) in [6, 6.07) is 19.2. The lowest BCUT2D eigenvalue weighted by atomic mass is 9.86. The van der Waals surface area contributed by atoms with Gasteiger partial charge in [0.05, 0.1) is 18.5 Å². The standard InChI is InChI=1S/C25H26N2O3/c1-25(2,3)18-12-8-17(9-13-18)24(29)27-22-20(6-5-7-21(22)26)23(28)16-10-14-19(30-4)15-11-16/h5-15H,26H2,1-4H3,(H,27,29). The highest BCUT2D eigenvalue weighted by Crippen LogP contribution is 2.28. The normalized spacial score (nSPS) is 11.1. The Kier molecular flexibility index (Phi) is 5.92. The highest BCUT2D eigenvalue weighted by molar-refractivity contribution is 6.17. The second-order valence-electron chi connectivity index (χ2n) is 8.11. The smallest absolute Gasteiger partial charge is 0.255 e. The molecule has 0 aliphatic rings. The van der Waals surface area contributed by atoms with E-state index < -0.39 is 0 Å². The molecule has 3 rings (SSSR count). The van der Waals surface area contributed by atoms with Crippen molar-refractivity contribution < 1.29 is 14.3 Å². The molecule has 0 aromatic heterocycles. The minimum absolute atomic E-state index is 0.00316. The van der Waals surface area contributed by atoms with Gasteiger partial charge in [0.15, 0.2) is 5.78 Å². The molecule has 0 radical (unpaired) electrons. The van der Waals surface area contributed by atoms with E-state index in [2.05, 4.69) is 26.1 Å². The quantitative estimate of drug-likeness (QED) is 0.462. The van der Waals surface area contributed by atoms with Crippen LogP contribution in [-0.4, -0.2) is 18.8 Å². The van der Waals surface area contributed by atoms with Gasteiger partial charge in [-0.3, -0.25) is 9.59 Å². The van der Waals surface area contributed by atoms with Crippen molar-refractivity contribution in [3.63, 3.8) is 0 Å². The number of hydrogen-bond donors (Lipinski definition) is 2. The van der Waals surface area contributed by atoms with Crippen molar-refractivity contribution in [1.29, 1.82) is 0 Å². The van der Waals surface area contributed by atoms with E-state index in [0.29, 0.717) is 33.8 Å². The molecule has 0 spiro atoms. The van der Waals surface area contributed by atoms with E-state index >= 15 is 0 Å². The molecular formula is C25H26N2O3. The Hall–Kier alpha value is -3.60. The highest BCUT2D eigenvalue weighted by atomic mass is 16.5. The zero-order valence-corrected chi connectivity index (χ0v) is 17.7. The number of carbonyl (C=O) groups is 2. The molecule has 0 heterocycles. The molecule has 0 unspecified atom stereocenters. The number of nitrogens with one attached hydrogen (secondary N) is 1. The van der Waals surface area contributed by atoms with Crippen molar-refractivity contribution in [3.05, 3.63) is 89.0 Å². The van der Waals surface area contributed by atoms with Gasteiger partial charge in [-0.15, -0.1) is 0 Å². The van der Waals surface area contributed by atoms with E-state index in [1.807, 2.05) is 12.1 Å². The lowest BCUT2D eigenvalue weighted by Gasteiger charge is -2.19. The number of ketones is 1. The summed E-state index contributed by atoms with van der Waals surface area (Å²) in [5.41, 5.74) is 9.18. The first-order chi connectivity index (χ1) is 14.2. The first kappa shape index (κ1) is 21.1. The molecule has 0 saturated carbocycles. The molecule has 0 saturated heterocycles. The first-order valence-electron chi connectivity index (χ1n) is 9.70. The van der Waals surface area contributed by atoms with Gasteiger partial charge in [-0.2, -0.15) is 0 Å². The molecule has 3 aromatic rings. The maximum atomic E-state index is 13.0. The van der Waals surface area contributed by atoms with Gasteiger partial charge in [-0.1, -0.05) is 39.0 Å². The van der Waals surface area contributed by atoms with Gasteiger partial charge in [0.25, 0.3) is 5.91 Å². The zero-order chi connectivity index (χ0) is 21.9. The Labute approximate surface area is 176 Å². The lowest BCUT2D eigenvalue weighted by molar-refractivity contribution is 0.102. The second-order valence-corrected chi connectivity index (χ2v) is 8.11. The largest absolute Gasteiger partial charge is 0.497 e. The molecule has 3 aromatic carbocycles. The highest BCUT2D eigenvalue weighted by Gasteiger charge is 2.19. The number of para-hydroxylation sites is 1. The summed E-state index contributed by atoms with van der Waals surface area (Å²) in [4.78, 5) is 25.9. The van der Waals surface area contributed by atoms with E-state index in [1.54, 1.807) is 61.7 Å². The van der Waals surface area contributed by atoms with Gasteiger partial charge in [0.2, 0.25) is 0 Å². The van der Waals surface area contributed by atoms with E-state index in [4.69, 9.17) is 10.5 Å². The summed E-state index contributed by atoms with van der Waals surface area (Å²) in [5.74, 6) is 0.104. The Morgan fingerprint density at radius 2 is 1.47 bits per heavy atom. The summed E-state index contributed by atoms with van der Waals surface area (Å²) < 4.78 is 5.14. The van der Waals surface area contributed by atoms with E-state index in [0.717, 1.165) is 5.56 Å². The van der Waals surface area contributed by atoms with Crippen LogP contribution in [0.15, 0.2) is 66.7 Å². The fraction of sp³-hybridized carbons (Fsp3) is 0.200. The van der Waals surface area contributed by atoms with Crippen LogP contribution in [-0.2, 0) is 5.41 Å². The molecule has 0 bridgehead atoms. The number of methoxy groups -OCH3 is 1. The van der Waals surface area contributed by atoms with Crippen LogP contribution in [0.3, 0.4) is 0 Å². The van der Waals surface area contributed by atoms with E-state index in [-0.39, 0.29) is 17.1 Å². The first-order valence-corrected chi connectivity index (χ1v) is 9.70. The van der Waals surface area contributed by atoms with Crippen molar-refractivity contribution in [2.75, 3.05) is 18.2 Å². The lowest BCUT2D eigenvalue weighted by Crippen LogP contribution is -2.17. The Balaban J connectivity index is 1.89. The molecule has 5 heteroatoms. The molecule has 0 fully saturated rings.